The van der Waals surface area contributed by atoms with E-state index in [1.165, 1.54) is 0 Å². The lowest BCUT2D eigenvalue weighted by Crippen LogP contribution is -2.42. The highest BCUT2D eigenvalue weighted by Crippen LogP contribution is 2.22. The second-order valence-corrected chi connectivity index (χ2v) is 7.13. The van der Waals surface area contributed by atoms with Crippen LogP contribution in [-0.4, -0.2) is 82.0 Å². The molecule has 128 valence electrons. The number of piperidine rings is 1. The number of aromatic nitrogens is 3. The summed E-state index contributed by atoms with van der Waals surface area (Å²) in [5, 5.41) is 12.0. The smallest absolute Gasteiger partial charge is 0.232 e. The van der Waals surface area contributed by atoms with Crippen LogP contribution in [0.3, 0.4) is 0 Å². The third-order valence-corrected chi connectivity index (χ3v) is 5.15. The van der Waals surface area contributed by atoms with Gasteiger partial charge in [-0.1, -0.05) is 5.21 Å². The first-order valence-corrected chi connectivity index (χ1v) is 9.76. The Kier molecular flexibility index (Phi) is 5.91. The van der Waals surface area contributed by atoms with Crippen LogP contribution >= 0.6 is 11.8 Å². The number of rotatable bonds is 5. The molecule has 2 saturated heterocycles. The van der Waals surface area contributed by atoms with Crippen LogP contribution in [0, 0.1) is 0 Å². The first-order chi connectivity index (χ1) is 11.3. The Labute approximate surface area is 141 Å². The molecule has 2 aliphatic heterocycles. The van der Waals surface area contributed by atoms with Crippen molar-refractivity contribution < 1.29 is 4.79 Å². The van der Waals surface area contributed by atoms with Crippen molar-refractivity contribution in [1.29, 1.82) is 0 Å². The maximum absolute atomic E-state index is 11.9. The van der Waals surface area contributed by atoms with E-state index in [-0.39, 0.29) is 5.91 Å². The summed E-state index contributed by atoms with van der Waals surface area (Å²) in [5.74, 6) is 0.844. The van der Waals surface area contributed by atoms with Crippen molar-refractivity contribution in [3.05, 3.63) is 11.9 Å². The van der Waals surface area contributed by atoms with Gasteiger partial charge in [-0.3, -0.25) is 9.69 Å². The minimum atomic E-state index is 0.258. The van der Waals surface area contributed by atoms with Gasteiger partial charge < -0.3 is 10.2 Å². The van der Waals surface area contributed by atoms with Crippen LogP contribution < -0.4 is 5.32 Å². The van der Waals surface area contributed by atoms with Gasteiger partial charge in [0.25, 0.3) is 0 Å². The number of piperazine rings is 1. The molecule has 2 fully saturated rings. The molecule has 1 aromatic rings. The van der Waals surface area contributed by atoms with Crippen LogP contribution in [0.1, 0.15) is 24.6 Å². The maximum atomic E-state index is 11.9. The van der Waals surface area contributed by atoms with E-state index in [9.17, 15) is 4.79 Å². The third kappa shape index (κ3) is 4.45. The van der Waals surface area contributed by atoms with Gasteiger partial charge in [0, 0.05) is 45.8 Å². The minimum Gasteiger partial charge on any atom is -0.342 e. The molecule has 0 spiro atoms. The SMILES string of the molecule is CSCC(=O)N1CCC(n2cc(CN3CCNCC3)nn2)CC1. The second-order valence-electron chi connectivity index (χ2n) is 6.26. The summed E-state index contributed by atoms with van der Waals surface area (Å²) in [6.07, 6.45) is 6.00. The fraction of sp³-hybridized carbons (Fsp3) is 0.800. The predicted octanol–water partition coefficient (Wildman–Crippen LogP) is 0.210. The summed E-state index contributed by atoms with van der Waals surface area (Å²) in [6, 6.07) is 0.373. The Bertz CT molecular complexity index is 508. The highest BCUT2D eigenvalue weighted by molar-refractivity contribution is 7.99. The van der Waals surface area contributed by atoms with E-state index >= 15 is 0 Å². The van der Waals surface area contributed by atoms with E-state index < -0.39 is 0 Å². The van der Waals surface area contributed by atoms with Crippen LogP contribution in [0.15, 0.2) is 6.20 Å². The molecular weight excluding hydrogens is 312 g/mol. The van der Waals surface area contributed by atoms with Crippen LogP contribution in [0.2, 0.25) is 0 Å². The molecular formula is C15H26N6OS. The number of carbonyl (C=O) groups excluding carboxylic acids is 1. The summed E-state index contributed by atoms with van der Waals surface area (Å²) >= 11 is 1.59. The third-order valence-electron chi connectivity index (χ3n) is 4.61. The lowest BCUT2D eigenvalue weighted by molar-refractivity contribution is -0.129. The Hall–Kier alpha value is -1.12. The molecule has 0 aromatic carbocycles. The van der Waals surface area contributed by atoms with Crippen molar-refractivity contribution in [1.82, 2.24) is 30.1 Å². The first kappa shape index (κ1) is 16.7. The van der Waals surface area contributed by atoms with E-state index in [0.29, 0.717) is 11.8 Å². The van der Waals surface area contributed by atoms with Gasteiger partial charge >= 0.3 is 0 Å². The van der Waals surface area contributed by atoms with Gasteiger partial charge in [0.1, 0.15) is 0 Å². The Morgan fingerprint density at radius 1 is 1.30 bits per heavy atom. The standard InChI is InChI=1S/C15H26N6OS/c1-23-12-15(22)20-6-2-14(3-7-20)21-11-13(17-18-21)10-19-8-4-16-5-9-19/h11,14,16H,2-10,12H2,1H3. The van der Waals surface area contributed by atoms with Gasteiger partial charge in [-0.25, -0.2) is 4.68 Å². The van der Waals surface area contributed by atoms with E-state index in [0.717, 1.165) is 64.3 Å². The van der Waals surface area contributed by atoms with E-state index in [1.54, 1.807) is 11.8 Å². The van der Waals surface area contributed by atoms with Gasteiger partial charge in [-0.05, 0) is 19.1 Å². The molecule has 1 amide bonds. The van der Waals surface area contributed by atoms with Crippen molar-refractivity contribution in [3.63, 3.8) is 0 Å². The highest BCUT2D eigenvalue weighted by atomic mass is 32.2. The second kappa shape index (κ2) is 8.12. The van der Waals surface area contributed by atoms with E-state index in [4.69, 9.17) is 0 Å². The molecule has 3 heterocycles. The largest absolute Gasteiger partial charge is 0.342 e. The fourth-order valence-electron chi connectivity index (χ4n) is 3.26. The molecule has 3 rings (SSSR count). The van der Waals surface area contributed by atoms with Crippen LogP contribution in [-0.2, 0) is 11.3 Å². The summed E-state index contributed by atoms with van der Waals surface area (Å²) in [6.45, 7) is 6.79. The Morgan fingerprint density at radius 2 is 2.04 bits per heavy atom. The van der Waals surface area contributed by atoms with Crippen molar-refractivity contribution >= 4 is 17.7 Å². The molecule has 0 atom stereocenters. The number of nitrogens with one attached hydrogen (secondary N) is 1. The zero-order chi connectivity index (χ0) is 16.1. The topological polar surface area (TPSA) is 66.3 Å². The molecule has 8 heteroatoms. The number of hydrogen-bond acceptors (Lipinski definition) is 6. The Morgan fingerprint density at radius 3 is 2.74 bits per heavy atom. The summed E-state index contributed by atoms with van der Waals surface area (Å²) in [7, 11) is 0. The summed E-state index contributed by atoms with van der Waals surface area (Å²) < 4.78 is 2.01. The normalized spacial score (nSPS) is 20.8. The van der Waals surface area contributed by atoms with Crippen molar-refractivity contribution in [2.24, 2.45) is 0 Å². The van der Waals surface area contributed by atoms with Crippen LogP contribution in [0.4, 0.5) is 0 Å². The number of nitrogens with zero attached hydrogens (tertiary/aromatic N) is 5. The average molecular weight is 338 g/mol. The lowest BCUT2D eigenvalue weighted by Gasteiger charge is -2.31. The molecule has 0 aliphatic carbocycles. The summed E-state index contributed by atoms with van der Waals surface area (Å²) in [5.41, 5.74) is 1.05. The molecule has 0 unspecified atom stereocenters. The van der Waals surface area contributed by atoms with E-state index in [1.807, 2.05) is 15.8 Å². The molecule has 1 aromatic heterocycles. The number of hydrogen-bond donors (Lipinski definition) is 1. The summed E-state index contributed by atoms with van der Waals surface area (Å²) in [4.78, 5) is 16.3. The minimum absolute atomic E-state index is 0.258. The molecule has 7 nitrogen and oxygen atoms in total. The van der Waals surface area contributed by atoms with Gasteiger partial charge in [0.05, 0.1) is 23.7 Å². The lowest BCUT2D eigenvalue weighted by atomic mass is 10.1. The van der Waals surface area contributed by atoms with Gasteiger partial charge in [0.15, 0.2) is 0 Å². The zero-order valence-corrected chi connectivity index (χ0v) is 14.6. The molecule has 1 N–H and O–H groups in total. The molecule has 23 heavy (non-hydrogen) atoms. The number of amides is 1. The quantitative estimate of drug-likeness (QED) is 0.828. The van der Waals surface area contributed by atoms with Gasteiger partial charge in [0.2, 0.25) is 5.91 Å². The molecule has 0 radical (unpaired) electrons. The highest BCUT2D eigenvalue weighted by Gasteiger charge is 2.24. The first-order valence-electron chi connectivity index (χ1n) is 8.37. The fourth-order valence-corrected chi connectivity index (χ4v) is 3.69. The average Bonchev–Trinajstić information content (AvgIpc) is 3.05. The number of carbonyl (C=O) groups is 1. The van der Waals surface area contributed by atoms with Crippen LogP contribution in [0.5, 0.6) is 0 Å². The van der Waals surface area contributed by atoms with Crippen molar-refractivity contribution in [2.75, 3.05) is 51.3 Å². The number of likely N-dealkylation sites (tertiary alicyclic amines) is 1. The number of thioether (sulfide) groups is 1. The van der Waals surface area contributed by atoms with Crippen molar-refractivity contribution in [2.45, 2.75) is 25.4 Å². The molecule has 0 saturated carbocycles. The monoisotopic (exact) mass is 338 g/mol. The Balaban J connectivity index is 1.50. The van der Waals surface area contributed by atoms with Crippen LogP contribution in [0.25, 0.3) is 0 Å². The van der Waals surface area contributed by atoms with Gasteiger partial charge in [-0.2, -0.15) is 11.8 Å². The van der Waals surface area contributed by atoms with E-state index in [2.05, 4.69) is 26.7 Å². The van der Waals surface area contributed by atoms with Crippen molar-refractivity contribution in [3.8, 4) is 0 Å². The molecule has 2 aliphatic rings. The zero-order valence-electron chi connectivity index (χ0n) is 13.8. The van der Waals surface area contributed by atoms with Gasteiger partial charge in [-0.15, -0.1) is 5.10 Å². The molecule has 0 bridgehead atoms. The maximum Gasteiger partial charge on any atom is 0.232 e. The predicted molar refractivity (Wildman–Crippen MR) is 91.4 cm³/mol.